The van der Waals surface area contributed by atoms with E-state index in [1.54, 1.807) is 13.0 Å². The standard InChI is InChI=1S/C26H19Cl2F3N6O4S/c1-14-6-7-15(10-21(14)37(40)41)24(39)32-12-22-34-35-25(36(22)16-8-9-18(27)19(28)11-16)42-13-23(38)33-20-5-3-2-4-17(20)26(29,30)31/h2-11H,12-13H2,1H3,(H,32,39)(H,33,38). The number of benzene rings is 3. The molecule has 4 aromatic rings. The van der Waals surface area contributed by atoms with Crippen LogP contribution in [0.25, 0.3) is 5.69 Å². The number of amides is 2. The number of para-hydroxylation sites is 1. The van der Waals surface area contributed by atoms with Crippen molar-refractivity contribution in [2.24, 2.45) is 0 Å². The van der Waals surface area contributed by atoms with Crippen LogP contribution in [0.4, 0.5) is 24.5 Å². The lowest BCUT2D eigenvalue weighted by Gasteiger charge is -2.14. The van der Waals surface area contributed by atoms with Crippen molar-refractivity contribution in [3.63, 3.8) is 0 Å². The largest absolute Gasteiger partial charge is 0.418 e. The van der Waals surface area contributed by atoms with Crippen LogP contribution in [-0.2, 0) is 17.5 Å². The molecule has 0 aliphatic carbocycles. The number of hydrogen-bond acceptors (Lipinski definition) is 7. The maximum absolute atomic E-state index is 13.3. The highest BCUT2D eigenvalue weighted by atomic mass is 35.5. The normalized spacial score (nSPS) is 11.3. The van der Waals surface area contributed by atoms with Gasteiger partial charge in [0.25, 0.3) is 11.6 Å². The van der Waals surface area contributed by atoms with Gasteiger partial charge in [-0.05, 0) is 43.3 Å². The average Bonchev–Trinajstić information content (AvgIpc) is 3.34. The Labute approximate surface area is 250 Å². The molecule has 1 aromatic heterocycles. The van der Waals surface area contributed by atoms with Crippen molar-refractivity contribution in [3.8, 4) is 5.69 Å². The van der Waals surface area contributed by atoms with Gasteiger partial charge in [0, 0.05) is 17.2 Å². The molecule has 2 amide bonds. The van der Waals surface area contributed by atoms with Crippen LogP contribution in [0, 0.1) is 17.0 Å². The maximum Gasteiger partial charge on any atom is 0.418 e. The number of aromatic nitrogens is 3. The summed E-state index contributed by atoms with van der Waals surface area (Å²) in [6, 6.07) is 13.3. The molecule has 16 heteroatoms. The predicted octanol–water partition coefficient (Wildman–Crippen LogP) is 6.47. The smallest absolute Gasteiger partial charge is 0.345 e. The number of nitro groups is 1. The first-order valence-corrected chi connectivity index (χ1v) is 13.6. The quantitative estimate of drug-likeness (QED) is 0.122. The zero-order chi connectivity index (χ0) is 30.6. The molecule has 0 spiro atoms. The highest BCUT2D eigenvalue weighted by molar-refractivity contribution is 7.99. The van der Waals surface area contributed by atoms with E-state index in [-0.39, 0.29) is 50.3 Å². The number of hydrogen-bond donors (Lipinski definition) is 2. The number of halogens is 5. The van der Waals surface area contributed by atoms with Crippen LogP contribution >= 0.6 is 35.0 Å². The predicted molar refractivity (Wildman–Crippen MR) is 151 cm³/mol. The Kier molecular flexibility index (Phi) is 9.39. The van der Waals surface area contributed by atoms with Gasteiger partial charge in [0.1, 0.15) is 0 Å². The van der Waals surface area contributed by atoms with Crippen molar-refractivity contribution in [2.45, 2.75) is 24.8 Å². The molecule has 42 heavy (non-hydrogen) atoms. The number of aryl methyl sites for hydroxylation is 1. The van der Waals surface area contributed by atoms with Crippen LogP contribution in [0.15, 0.2) is 65.8 Å². The van der Waals surface area contributed by atoms with Gasteiger partial charge in [-0.3, -0.25) is 24.3 Å². The molecular formula is C26H19Cl2F3N6O4S. The van der Waals surface area contributed by atoms with E-state index in [1.807, 2.05) is 0 Å². The summed E-state index contributed by atoms with van der Waals surface area (Å²) in [5.41, 5.74) is -0.714. The van der Waals surface area contributed by atoms with Gasteiger partial charge in [-0.1, -0.05) is 53.2 Å². The highest BCUT2D eigenvalue weighted by Crippen LogP contribution is 2.35. The third-order valence-corrected chi connectivity index (χ3v) is 7.44. The number of alkyl halides is 3. The Morgan fingerprint density at radius 1 is 1.05 bits per heavy atom. The Balaban J connectivity index is 1.55. The van der Waals surface area contributed by atoms with Gasteiger partial charge in [0.05, 0.1) is 44.2 Å². The van der Waals surface area contributed by atoms with Crippen molar-refractivity contribution in [1.29, 1.82) is 0 Å². The summed E-state index contributed by atoms with van der Waals surface area (Å²) >= 11 is 13.1. The lowest BCUT2D eigenvalue weighted by molar-refractivity contribution is -0.385. The fraction of sp³-hybridized carbons (Fsp3) is 0.154. The lowest BCUT2D eigenvalue weighted by atomic mass is 10.1. The van der Waals surface area contributed by atoms with E-state index in [0.717, 1.165) is 30.0 Å². The fourth-order valence-electron chi connectivity index (χ4n) is 3.76. The first kappa shape index (κ1) is 30.8. The van der Waals surface area contributed by atoms with Gasteiger partial charge in [-0.25, -0.2) is 0 Å². The molecule has 4 rings (SSSR count). The van der Waals surface area contributed by atoms with E-state index in [1.165, 1.54) is 41.0 Å². The number of nitro benzene ring substituents is 1. The Morgan fingerprint density at radius 2 is 1.79 bits per heavy atom. The minimum atomic E-state index is -4.66. The monoisotopic (exact) mass is 638 g/mol. The minimum Gasteiger partial charge on any atom is -0.345 e. The van der Waals surface area contributed by atoms with E-state index >= 15 is 0 Å². The molecule has 10 nitrogen and oxygen atoms in total. The van der Waals surface area contributed by atoms with Crippen LogP contribution in [0.3, 0.4) is 0 Å². The summed E-state index contributed by atoms with van der Waals surface area (Å²) in [5, 5.41) is 24.9. The molecule has 218 valence electrons. The van der Waals surface area contributed by atoms with Crippen molar-refractivity contribution in [1.82, 2.24) is 20.1 Å². The number of carbonyl (C=O) groups excluding carboxylic acids is 2. The van der Waals surface area contributed by atoms with Crippen LogP contribution in [0.1, 0.15) is 27.3 Å². The van der Waals surface area contributed by atoms with Gasteiger partial charge < -0.3 is 10.6 Å². The molecule has 3 aromatic carbocycles. The average molecular weight is 639 g/mol. The summed E-state index contributed by atoms with van der Waals surface area (Å²) < 4.78 is 41.4. The van der Waals surface area contributed by atoms with Crippen LogP contribution in [0.2, 0.25) is 10.0 Å². The first-order chi connectivity index (χ1) is 19.8. The van der Waals surface area contributed by atoms with Gasteiger partial charge in [-0.15, -0.1) is 10.2 Å². The molecule has 0 bridgehead atoms. The van der Waals surface area contributed by atoms with Crippen molar-refractivity contribution in [2.75, 3.05) is 11.1 Å². The Bertz CT molecular complexity index is 1680. The first-order valence-electron chi connectivity index (χ1n) is 11.9. The van der Waals surface area contributed by atoms with E-state index in [2.05, 4.69) is 20.8 Å². The van der Waals surface area contributed by atoms with Crippen molar-refractivity contribution >= 4 is 58.2 Å². The van der Waals surface area contributed by atoms with E-state index in [0.29, 0.717) is 11.3 Å². The molecule has 1 heterocycles. The number of rotatable bonds is 9. The van der Waals surface area contributed by atoms with E-state index in [4.69, 9.17) is 23.2 Å². The number of thioether (sulfide) groups is 1. The Hall–Kier alpha value is -4.14. The Morgan fingerprint density at radius 3 is 2.48 bits per heavy atom. The van der Waals surface area contributed by atoms with Crippen LogP contribution in [0.5, 0.6) is 0 Å². The molecule has 0 radical (unpaired) electrons. The maximum atomic E-state index is 13.3. The fourth-order valence-corrected chi connectivity index (χ4v) is 4.82. The van der Waals surface area contributed by atoms with Gasteiger partial charge in [0.2, 0.25) is 5.91 Å². The summed E-state index contributed by atoms with van der Waals surface area (Å²) in [5.74, 6) is -1.46. The molecule has 0 saturated heterocycles. The zero-order valence-electron chi connectivity index (χ0n) is 21.4. The summed E-state index contributed by atoms with van der Waals surface area (Å²) in [4.78, 5) is 36.0. The lowest BCUT2D eigenvalue weighted by Crippen LogP contribution is -2.25. The van der Waals surface area contributed by atoms with Gasteiger partial charge >= 0.3 is 6.18 Å². The van der Waals surface area contributed by atoms with Crippen LogP contribution in [-0.4, -0.2) is 37.3 Å². The highest BCUT2D eigenvalue weighted by Gasteiger charge is 2.33. The third-order valence-electron chi connectivity index (χ3n) is 5.78. The molecule has 0 saturated carbocycles. The molecule has 0 aliphatic rings. The summed E-state index contributed by atoms with van der Waals surface area (Å²) in [6.45, 7) is 1.37. The van der Waals surface area contributed by atoms with E-state index in [9.17, 15) is 32.9 Å². The molecule has 0 unspecified atom stereocenters. The topological polar surface area (TPSA) is 132 Å². The number of nitrogens with one attached hydrogen (secondary N) is 2. The zero-order valence-corrected chi connectivity index (χ0v) is 23.7. The second-order valence-electron chi connectivity index (χ2n) is 8.65. The number of nitrogens with zero attached hydrogens (tertiary/aromatic N) is 4. The third kappa shape index (κ3) is 7.19. The van der Waals surface area contributed by atoms with Gasteiger partial charge in [0.15, 0.2) is 11.0 Å². The van der Waals surface area contributed by atoms with E-state index < -0.39 is 28.5 Å². The summed E-state index contributed by atoms with van der Waals surface area (Å²) in [6.07, 6.45) is -4.66. The van der Waals surface area contributed by atoms with Gasteiger partial charge in [-0.2, -0.15) is 13.2 Å². The van der Waals surface area contributed by atoms with Crippen molar-refractivity contribution in [3.05, 3.63) is 103 Å². The molecule has 0 aliphatic heterocycles. The number of carbonyl (C=O) groups is 2. The molecule has 2 N–H and O–H groups in total. The summed E-state index contributed by atoms with van der Waals surface area (Å²) in [7, 11) is 0. The second kappa shape index (κ2) is 12.8. The minimum absolute atomic E-state index is 0.0540. The van der Waals surface area contributed by atoms with Crippen LogP contribution < -0.4 is 10.6 Å². The SMILES string of the molecule is Cc1ccc(C(=O)NCc2nnc(SCC(=O)Nc3ccccc3C(F)(F)F)n2-c2ccc(Cl)c(Cl)c2)cc1[N+](=O)[O-]. The van der Waals surface area contributed by atoms with Crippen molar-refractivity contribution < 1.29 is 27.7 Å². The molecule has 0 fully saturated rings. The number of anilines is 1. The second-order valence-corrected chi connectivity index (χ2v) is 10.4. The molecular weight excluding hydrogens is 620 g/mol. The molecule has 0 atom stereocenters.